The molecule has 2 aromatic rings. The first-order valence-electron chi connectivity index (χ1n) is 7.01. The van der Waals surface area contributed by atoms with Gasteiger partial charge in [-0.1, -0.05) is 18.2 Å². The van der Waals surface area contributed by atoms with Crippen LogP contribution in [0.15, 0.2) is 42.5 Å². The molecule has 7 heteroatoms. The lowest BCUT2D eigenvalue weighted by Crippen LogP contribution is -2.27. The van der Waals surface area contributed by atoms with E-state index in [1.54, 1.807) is 0 Å². The molecule has 0 aromatic heterocycles. The normalized spacial score (nSPS) is 11.2. The van der Waals surface area contributed by atoms with Crippen LogP contribution in [0, 0.1) is 0 Å². The second-order valence-corrected chi connectivity index (χ2v) is 5.20. The number of rotatable bonds is 4. The number of methoxy groups -OCH3 is 1. The summed E-state index contributed by atoms with van der Waals surface area (Å²) in [5.41, 5.74) is -0.819. The Bertz CT molecular complexity index is 744. The highest BCUT2D eigenvalue weighted by Crippen LogP contribution is 2.32. The molecule has 2 aromatic carbocycles. The fourth-order valence-electron chi connectivity index (χ4n) is 2.29. The van der Waals surface area contributed by atoms with Gasteiger partial charge in [-0.05, 0) is 23.8 Å². The molecule has 0 aliphatic heterocycles. The number of halogens is 3. The topological polar surface area (TPSA) is 49.8 Å². The maximum atomic E-state index is 13.0. The lowest BCUT2D eigenvalue weighted by Gasteiger charge is -2.20. The van der Waals surface area contributed by atoms with Gasteiger partial charge < -0.3 is 14.7 Å². The molecular formula is C17H16F3NO3. The van der Waals surface area contributed by atoms with Crippen LogP contribution in [0.4, 0.5) is 13.2 Å². The largest absolute Gasteiger partial charge is 0.507 e. The number of carbonyl (C=O) groups is 1. The smallest absolute Gasteiger partial charge is 0.416 e. The molecule has 0 spiro atoms. The minimum absolute atomic E-state index is 0.0113. The van der Waals surface area contributed by atoms with Crippen molar-refractivity contribution in [3.05, 3.63) is 59.2 Å². The van der Waals surface area contributed by atoms with Crippen LogP contribution in [0.1, 0.15) is 21.5 Å². The highest BCUT2D eigenvalue weighted by atomic mass is 19.4. The third kappa shape index (κ3) is 3.79. The number of nitrogens with zero attached hydrogens (tertiary/aromatic N) is 1. The summed E-state index contributed by atoms with van der Waals surface area (Å²) in [5, 5.41) is 9.88. The van der Waals surface area contributed by atoms with Crippen LogP contribution in [-0.4, -0.2) is 30.1 Å². The van der Waals surface area contributed by atoms with E-state index in [0.717, 1.165) is 11.0 Å². The maximum Gasteiger partial charge on any atom is 0.416 e. The number of hydrogen-bond donors (Lipinski definition) is 1. The number of aromatic hydroxyl groups is 1. The standard InChI is InChI=1S/C17H16F3NO3/c1-21(10-11-5-3-4-6-14(11)17(18,19)20)16(23)13-8-7-12(24-2)9-15(13)22/h3-9,22H,10H2,1-2H3. The van der Waals surface area contributed by atoms with E-state index >= 15 is 0 Å². The van der Waals surface area contributed by atoms with Crippen molar-refractivity contribution in [1.82, 2.24) is 4.90 Å². The summed E-state index contributed by atoms with van der Waals surface area (Å²) in [5.74, 6) is -0.517. The van der Waals surface area contributed by atoms with Crippen molar-refractivity contribution >= 4 is 5.91 Å². The fraction of sp³-hybridized carbons (Fsp3) is 0.235. The Kier molecular flexibility index (Phi) is 5.02. The summed E-state index contributed by atoms with van der Waals surface area (Å²) >= 11 is 0. The second kappa shape index (κ2) is 6.82. The Morgan fingerprint density at radius 1 is 1.21 bits per heavy atom. The van der Waals surface area contributed by atoms with Crippen molar-refractivity contribution in [3.8, 4) is 11.5 Å². The molecular weight excluding hydrogens is 323 g/mol. The Hall–Kier alpha value is -2.70. The minimum Gasteiger partial charge on any atom is -0.507 e. The molecule has 2 rings (SSSR count). The van der Waals surface area contributed by atoms with E-state index in [2.05, 4.69) is 0 Å². The van der Waals surface area contributed by atoms with Crippen LogP contribution >= 0.6 is 0 Å². The van der Waals surface area contributed by atoms with Crippen molar-refractivity contribution < 1.29 is 27.8 Å². The molecule has 0 saturated carbocycles. The van der Waals surface area contributed by atoms with E-state index in [0.29, 0.717) is 5.75 Å². The van der Waals surface area contributed by atoms with E-state index < -0.39 is 17.6 Å². The van der Waals surface area contributed by atoms with Crippen molar-refractivity contribution in [1.29, 1.82) is 0 Å². The zero-order valence-corrected chi connectivity index (χ0v) is 13.1. The van der Waals surface area contributed by atoms with Gasteiger partial charge >= 0.3 is 6.18 Å². The molecule has 0 fully saturated rings. The van der Waals surface area contributed by atoms with Gasteiger partial charge in [0, 0.05) is 19.7 Å². The zero-order valence-electron chi connectivity index (χ0n) is 13.1. The van der Waals surface area contributed by atoms with Gasteiger partial charge in [0.15, 0.2) is 0 Å². The monoisotopic (exact) mass is 339 g/mol. The summed E-state index contributed by atoms with van der Waals surface area (Å²) in [6.07, 6.45) is -4.50. The SMILES string of the molecule is COc1ccc(C(=O)N(C)Cc2ccccc2C(F)(F)F)c(O)c1. The summed E-state index contributed by atoms with van der Waals surface area (Å²) in [6.45, 7) is -0.236. The molecule has 0 unspecified atom stereocenters. The average molecular weight is 339 g/mol. The third-order valence-electron chi connectivity index (χ3n) is 3.51. The number of amides is 1. The number of phenols is 1. The summed E-state index contributed by atoms with van der Waals surface area (Å²) < 4.78 is 44.0. The molecule has 0 radical (unpaired) electrons. The molecule has 1 amide bonds. The minimum atomic E-state index is -4.50. The number of benzene rings is 2. The number of alkyl halides is 3. The van der Waals surface area contributed by atoms with Crippen LogP contribution in [0.3, 0.4) is 0 Å². The Morgan fingerprint density at radius 2 is 1.88 bits per heavy atom. The first-order chi connectivity index (χ1) is 11.2. The predicted octanol–water partition coefficient (Wildman–Crippen LogP) is 3.69. The van der Waals surface area contributed by atoms with Crippen LogP contribution in [0.25, 0.3) is 0 Å². The highest BCUT2D eigenvalue weighted by molar-refractivity contribution is 5.96. The Balaban J connectivity index is 2.25. The molecule has 0 heterocycles. The maximum absolute atomic E-state index is 13.0. The van der Waals surface area contributed by atoms with Crippen LogP contribution in [-0.2, 0) is 12.7 Å². The van der Waals surface area contributed by atoms with Crippen LogP contribution in [0.5, 0.6) is 11.5 Å². The van der Waals surface area contributed by atoms with E-state index in [9.17, 15) is 23.1 Å². The second-order valence-electron chi connectivity index (χ2n) is 5.20. The van der Waals surface area contributed by atoms with Crippen LogP contribution < -0.4 is 4.74 Å². The summed E-state index contributed by atoms with van der Waals surface area (Å²) in [7, 11) is 2.79. The van der Waals surface area contributed by atoms with Crippen molar-refractivity contribution in [2.75, 3.05) is 14.2 Å². The third-order valence-corrected chi connectivity index (χ3v) is 3.51. The van der Waals surface area contributed by atoms with Gasteiger partial charge in [0.25, 0.3) is 5.91 Å². The first-order valence-corrected chi connectivity index (χ1v) is 7.01. The van der Waals surface area contributed by atoms with Gasteiger partial charge in [-0.2, -0.15) is 13.2 Å². The first kappa shape index (κ1) is 17.7. The molecule has 0 atom stereocenters. The number of ether oxygens (including phenoxy) is 1. The molecule has 1 N–H and O–H groups in total. The number of hydrogen-bond acceptors (Lipinski definition) is 3. The number of carbonyl (C=O) groups excluding carboxylic acids is 1. The van der Waals surface area contributed by atoms with Crippen molar-refractivity contribution in [2.24, 2.45) is 0 Å². The van der Waals surface area contributed by atoms with E-state index in [1.165, 1.54) is 50.6 Å². The Morgan fingerprint density at radius 3 is 2.46 bits per heavy atom. The van der Waals surface area contributed by atoms with Gasteiger partial charge in [-0.25, -0.2) is 0 Å². The van der Waals surface area contributed by atoms with Crippen molar-refractivity contribution in [2.45, 2.75) is 12.7 Å². The molecule has 0 aliphatic rings. The van der Waals surface area contributed by atoms with Crippen molar-refractivity contribution in [3.63, 3.8) is 0 Å². The summed E-state index contributed by atoms with van der Waals surface area (Å²) in [6, 6.07) is 9.19. The fourth-order valence-corrected chi connectivity index (χ4v) is 2.29. The number of phenolic OH excluding ortho intramolecular Hbond substituents is 1. The van der Waals surface area contributed by atoms with Crippen LogP contribution in [0.2, 0.25) is 0 Å². The summed E-state index contributed by atoms with van der Waals surface area (Å²) in [4.78, 5) is 13.5. The van der Waals surface area contributed by atoms with Gasteiger partial charge in [0.1, 0.15) is 11.5 Å². The van der Waals surface area contributed by atoms with E-state index in [-0.39, 0.29) is 23.4 Å². The van der Waals surface area contributed by atoms with Gasteiger partial charge in [-0.15, -0.1) is 0 Å². The predicted molar refractivity (Wildman–Crippen MR) is 81.9 cm³/mol. The molecule has 4 nitrogen and oxygen atoms in total. The van der Waals surface area contributed by atoms with Gasteiger partial charge in [0.2, 0.25) is 0 Å². The molecule has 0 aliphatic carbocycles. The molecule has 0 saturated heterocycles. The quantitative estimate of drug-likeness (QED) is 0.924. The van der Waals surface area contributed by atoms with E-state index in [1.807, 2.05) is 0 Å². The zero-order chi connectivity index (χ0) is 17.9. The highest BCUT2D eigenvalue weighted by Gasteiger charge is 2.33. The lowest BCUT2D eigenvalue weighted by molar-refractivity contribution is -0.138. The van der Waals surface area contributed by atoms with Gasteiger partial charge in [-0.3, -0.25) is 4.79 Å². The van der Waals surface area contributed by atoms with Gasteiger partial charge in [0.05, 0.1) is 18.2 Å². The molecule has 0 bridgehead atoms. The molecule has 128 valence electrons. The Labute approximate surface area is 137 Å². The average Bonchev–Trinajstić information content (AvgIpc) is 2.53. The molecule has 24 heavy (non-hydrogen) atoms. The lowest BCUT2D eigenvalue weighted by atomic mass is 10.1. The van der Waals surface area contributed by atoms with E-state index in [4.69, 9.17) is 4.74 Å².